The molecule has 49 heavy (non-hydrogen) atoms. The van der Waals surface area contributed by atoms with Crippen molar-refractivity contribution < 1.29 is 24.0 Å². The fourth-order valence-electron chi connectivity index (χ4n) is 6.93. The number of carbonyl (C=O) groups is 3. The fraction of sp³-hybridized carbons (Fsp3) is 0.333. The van der Waals surface area contributed by atoms with E-state index in [-0.39, 0.29) is 24.8 Å². The predicted octanol–water partition coefficient (Wildman–Crippen LogP) is 5.57. The van der Waals surface area contributed by atoms with Crippen molar-refractivity contribution in [2.45, 2.75) is 68.7 Å². The normalized spacial score (nSPS) is 26.2. The number of amides is 3. The Balaban J connectivity index is 1.17. The summed E-state index contributed by atoms with van der Waals surface area (Å²) < 4.78 is 6.46. The summed E-state index contributed by atoms with van der Waals surface area (Å²) in [5.74, 6) is -0.271. The number of hydroxylamine groups is 1. The Labute approximate surface area is 285 Å². The van der Waals surface area contributed by atoms with E-state index in [0.717, 1.165) is 42.1 Å². The Morgan fingerprint density at radius 1 is 0.918 bits per heavy atom. The van der Waals surface area contributed by atoms with Crippen LogP contribution in [-0.2, 0) is 14.4 Å². The molecule has 1 aromatic heterocycles. The van der Waals surface area contributed by atoms with Crippen molar-refractivity contribution in [3.8, 4) is 11.6 Å². The van der Waals surface area contributed by atoms with Crippen molar-refractivity contribution in [2.24, 2.45) is 5.92 Å². The summed E-state index contributed by atoms with van der Waals surface area (Å²) in [6.45, 7) is 0.203. The fourth-order valence-corrected chi connectivity index (χ4v) is 6.93. The zero-order valence-electron chi connectivity index (χ0n) is 27.3. The summed E-state index contributed by atoms with van der Waals surface area (Å²) in [6, 6.07) is 27.0. The summed E-state index contributed by atoms with van der Waals surface area (Å²) >= 11 is 0. The van der Waals surface area contributed by atoms with Crippen LogP contribution in [-0.4, -0.2) is 57.9 Å². The van der Waals surface area contributed by atoms with E-state index in [4.69, 9.17) is 9.57 Å². The Hall–Kier alpha value is -5.38. The summed E-state index contributed by atoms with van der Waals surface area (Å²) in [5.41, 5.74) is 2.20. The number of nitrogens with zero attached hydrogens (tertiary/aromatic N) is 2. The molecule has 5 atom stereocenters. The highest BCUT2D eigenvalue weighted by Gasteiger charge is 2.61. The minimum atomic E-state index is -1.20. The number of aromatic nitrogens is 1. The van der Waals surface area contributed by atoms with Crippen LogP contribution in [0.5, 0.6) is 11.6 Å². The van der Waals surface area contributed by atoms with Gasteiger partial charge in [-0.2, -0.15) is 5.48 Å². The number of fused-ring (bicyclic) bond motifs is 3. The molecular formula is C39H41N5O5. The first-order chi connectivity index (χ1) is 24.0. The first-order valence-corrected chi connectivity index (χ1v) is 17.1. The summed E-state index contributed by atoms with van der Waals surface area (Å²) in [4.78, 5) is 54.3. The lowest BCUT2D eigenvalue weighted by Crippen LogP contribution is -2.57. The third-order valence-corrected chi connectivity index (χ3v) is 9.68. The lowest BCUT2D eigenvalue weighted by Gasteiger charge is -2.30. The largest absolute Gasteiger partial charge is 0.472 e. The maximum Gasteiger partial charge on any atom is 0.278 e. The second-order valence-corrected chi connectivity index (χ2v) is 13.1. The topological polar surface area (TPSA) is 122 Å². The molecule has 1 aliphatic carbocycles. The van der Waals surface area contributed by atoms with E-state index in [1.165, 1.54) is 0 Å². The molecule has 7 rings (SSSR count). The molecule has 4 aromatic rings. The summed E-state index contributed by atoms with van der Waals surface area (Å²) in [6.07, 6.45) is 10.2. The minimum Gasteiger partial charge on any atom is -0.472 e. The van der Waals surface area contributed by atoms with Crippen LogP contribution in [0.2, 0.25) is 0 Å². The van der Waals surface area contributed by atoms with E-state index in [1.807, 2.05) is 84.9 Å². The molecule has 3 amide bonds. The number of anilines is 1. The van der Waals surface area contributed by atoms with Gasteiger partial charge < -0.3 is 25.1 Å². The molecule has 3 aliphatic rings. The number of nitrogens with one attached hydrogen (secondary N) is 3. The molecule has 0 spiro atoms. The molecule has 0 bridgehead atoms. The van der Waals surface area contributed by atoms with Crippen molar-refractivity contribution in [3.05, 3.63) is 109 Å². The van der Waals surface area contributed by atoms with Crippen LogP contribution in [0.4, 0.5) is 5.69 Å². The van der Waals surface area contributed by atoms with Crippen LogP contribution in [0.25, 0.3) is 10.8 Å². The number of hydrogen-bond acceptors (Lipinski definition) is 7. The molecule has 1 saturated carbocycles. The first kappa shape index (κ1) is 32.2. The molecule has 252 valence electrons. The number of ether oxygens (including phenoxy) is 1. The van der Waals surface area contributed by atoms with Crippen LogP contribution in [0, 0.1) is 5.92 Å². The molecule has 3 heterocycles. The second-order valence-electron chi connectivity index (χ2n) is 13.1. The number of allylic oxidation sites excluding steroid dienone is 1. The number of pyridine rings is 1. The summed E-state index contributed by atoms with van der Waals surface area (Å²) in [7, 11) is 0. The monoisotopic (exact) mass is 659 g/mol. The lowest BCUT2D eigenvalue weighted by atomic mass is 10.0. The Bertz CT molecular complexity index is 1810. The zero-order valence-corrected chi connectivity index (χ0v) is 27.3. The van der Waals surface area contributed by atoms with E-state index in [2.05, 4.69) is 27.2 Å². The number of benzene rings is 3. The van der Waals surface area contributed by atoms with Crippen molar-refractivity contribution in [1.29, 1.82) is 0 Å². The van der Waals surface area contributed by atoms with Gasteiger partial charge in [-0.3, -0.25) is 14.4 Å². The van der Waals surface area contributed by atoms with Gasteiger partial charge in [0.1, 0.15) is 23.7 Å². The Kier molecular flexibility index (Phi) is 9.45. The van der Waals surface area contributed by atoms with Crippen molar-refractivity contribution in [1.82, 2.24) is 20.7 Å². The van der Waals surface area contributed by atoms with Gasteiger partial charge in [0.15, 0.2) is 5.75 Å². The Morgan fingerprint density at radius 3 is 2.53 bits per heavy atom. The molecule has 1 saturated heterocycles. The maximum absolute atomic E-state index is 14.5. The van der Waals surface area contributed by atoms with Gasteiger partial charge in [0.05, 0.1) is 6.54 Å². The molecular weight excluding hydrogens is 618 g/mol. The highest BCUT2D eigenvalue weighted by atomic mass is 16.7. The number of rotatable bonds is 7. The molecule has 0 radical (unpaired) electrons. The molecule has 10 heteroatoms. The molecule has 3 aromatic carbocycles. The van der Waals surface area contributed by atoms with Crippen molar-refractivity contribution in [3.63, 3.8) is 0 Å². The van der Waals surface area contributed by atoms with Gasteiger partial charge in [0, 0.05) is 29.6 Å². The molecule has 2 aliphatic heterocycles. The van der Waals surface area contributed by atoms with Crippen molar-refractivity contribution in [2.75, 3.05) is 11.9 Å². The van der Waals surface area contributed by atoms with E-state index in [0.29, 0.717) is 24.5 Å². The molecule has 2 fully saturated rings. The molecule has 3 N–H and O–H groups in total. The summed E-state index contributed by atoms with van der Waals surface area (Å²) in [5, 5.41) is 8.36. The van der Waals surface area contributed by atoms with Crippen LogP contribution in [0.15, 0.2) is 109 Å². The first-order valence-electron chi connectivity index (χ1n) is 17.1. The highest BCUT2D eigenvalue weighted by molar-refractivity contribution is 5.98. The minimum absolute atomic E-state index is 0.174. The predicted molar refractivity (Wildman–Crippen MR) is 187 cm³/mol. The van der Waals surface area contributed by atoms with Gasteiger partial charge >= 0.3 is 0 Å². The lowest BCUT2D eigenvalue weighted by molar-refractivity contribution is -0.141. The van der Waals surface area contributed by atoms with Gasteiger partial charge in [-0.05, 0) is 67.5 Å². The maximum atomic E-state index is 14.5. The third kappa shape index (κ3) is 7.23. The zero-order chi connectivity index (χ0) is 33.6. The van der Waals surface area contributed by atoms with Crippen molar-refractivity contribution >= 4 is 34.2 Å². The van der Waals surface area contributed by atoms with Crippen LogP contribution >= 0.6 is 0 Å². The highest BCUT2D eigenvalue weighted by Crippen LogP contribution is 2.45. The Morgan fingerprint density at radius 2 is 1.69 bits per heavy atom. The van der Waals surface area contributed by atoms with Gasteiger partial charge in [0.2, 0.25) is 17.7 Å². The van der Waals surface area contributed by atoms with Gasteiger partial charge in [-0.15, -0.1) is 0 Å². The molecule has 0 unspecified atom stereocenters. The van der Waals surface area contributed by atoms with Gasteiger partial charge in [-0.25, -0.2) is 4.98 Å². The standard InChI is InChI=1S/C39H41N5O5/c45-35-34-24-31(48-36-32-20-13-12-14-27(32)22-23-40-36)26-44(34)37(46)33(41-29-16-7-4-8-17-29)21-11-3-1-2-6-15-28-25-39(28,42-35)38(47)43-49-30-18-9-5-10-19-30/h4-10,12-20,22-23,28,31,33-34,41H,1-3,11,21,24-26H2,(H,42,45)(H,43,47)/b15-6-/t28-,31-,33+,34+,39-/m1/s1. The third-order valence-electron chi connectivity index (χ3n) is 9.68. The smallest absolute Gasteiger partial charge is 0.278 e. The van der Waals surface area contributed by atoms with E-state index >= 15 is 0 Å². The van der Waals surface area contributed by atoms with Crippen LogP contribution < -0.4 is 25.7 Å². The van der Waals surface area contributed by atoms with Gasteiger partial charge in [-0.1, -0.05) is 79.6 Å². The number of hydrogen-bond donors (Lipinski definition) is 3. The van der Waals surface area contributed by atoms with Crippen LogP contribution in [0.3, 0.4) is 0 Å². The second kappa shape index (κ2) is 14.4. The average Bonchev–Trinajstić information content (AvgIpc) is 3.66. The van der Waals surface area contributed by atoms with E-state index < -0.39 is 35.5 Å². The van der Waals surface area contributed by atoms with E-state index in [1.54, 1.807) is 23.2 Å². The van der Waals surface area contributed by atoms with E-state index in [9.17, 15) is 14.4 Å². The average molecular weight is 660 g/mol. The van der Waals surface area contributed by atoms with Gasteiger partial charge in [0.25, 0.3) is 5.91 Å². The number of para-hydroxylation sites is 2. The number of carbonyl (C=O) groups excluding carboxylic acids is 3. The quantitative estimate of drug-likeness (QED) is 0.175. The van der Waals surface area contributed by atoms with Crippen LogP contribution in [0.1, 0.15) is 44.9 Å². The molecule has 10 nitrogen and oxygen atoms in total. The SMILES string of the molecule is O=C1N[C@]2(C(=O)NOc3ccccc3)C[C@H]2/C=C\CCCCC[C@H](Nc2ccccc2)C(=O)N2C[C@H](Oc3nccc4ccccc34)C[C@@H]12.